The molecule has 1 heterocycles. The maximum absolute atomic E-state index is 13.8. The third-order valence-corrected chi connectivity index (χ3v) is 6.90. The van der Waals surface area contributed by atoms with Crippen molar-refractivity contribution >= 4 is 40.6 Å². The lowest BCUT2D eigenvalue weighted by molar-refractivity contribution is -0.136. The van der Waals surface area contributed by atoms with Crippen molar-refractivity contribution in [3.63, 3.8) is 0 Å². The Labute approximate surface area is 260 Å². The number of nitrogens with one attached hydrogen (secondary N) is 2. The number of hydrogen-bond acceptors (Lipinski definition) is 6. The molecule has 4 aromatic carbocycles. The minimum Gasteiger partial charge on any atom is -0.496 e. The van der Waals surface area contributed by atoms with Crippen molar-refractivity contribution in [1.82, 2.24) is 10.4 Å². The van der Waals surface area contributed by atoms with Crippen LogP contribution in [0.4, 0.5) is 13.2 Å². The summed E-state index contributed by atoms with van der Waals surface area (Å²) in [5.41, 5.74) is 2.65. The number of alkyl halides is 3. The molecule has 0 saturated heterocycles. The zero-order valence-electron chi connectivity index (χ0n) is 23.9. The summed E-state index contributed by atoms with van der Waals surface area (Å²) < 4.78 is 57.8. The van der Waals surface area contributed by atoms with Crippen LogP contribution in [0.5, 0.6) is 17.2 Å². The van der Waals surface area contributed by atoms with Crippen molar-refractivity contribution in [3.05, 3.63) is 112 Å². The molecule has 12 heteroatoms. The van der Waals surface area contributed by atoms with Crippen molar-refractivity contribution < 1.29 is 37.0 Å². The summed E-state index contributed by atoms with van der Waals surface area (Å²) in [6.07, 6.45) is -3.32. The standard InChI is InChI=1S/C33H25ClF3N3O5/c1-3-44-27-16-19(12-14-26(27)45-32(42)23-17-21(34)13-15-25(23)43-2)18-38-40-31(41)30-28(20-8-5-4-6-9-20)22-10-7-11-24(29(22)39-30)33(35,36)37/h4-18,39H,3H2,1-2H3,(H,40,41). The van der Waals surface area contributed by atoms with E-state index in [9.17, 15) is 22.8 Å². The highest BCUT2D eigenvalue weighted by atomic mass is 35.5. The first kappa shape index (κ1) is 31.1. The minimum absolute atomic E-state index is 0.0845. The summed E-state index contributed by atoms with van der Waals surface area (Å²) in [5, 5.41) is 4.57. The van der Waals surface area contributed by atoms with E-state index in [4.69, 9.17) is 25.8 Å². The van der Waals surface area contributed by atoms with Gasteiger partial charge in [0.2, 0.25) is 0 Å². The van der Waals surface area contributed by atoms with E-state index in [-0.39, 0.29) is 46.0 Å². The quantitative estimate of drug-likeness (QED) is 0.0742. The van der Waals surface area contributed by atoms with Crippen molar-refractivity contribution in [1.29, 1.82) is 0 Å². The molecule has 1 amide bonds. The normalized spacial score (nSPS) is 11.5. The smallest absolute Gasteiger partial charge is 0.418 e. The van der Waals surface area contributed by atoms with Gasteiger partial charge in [-0.15, -0.1) is 0 Å². The number of para-hydroxylation sites is 1. The number of carbonyl (C=O) groups excluding carboxylic acids is 2. The molecule has 2 N–H and O–H groups in total. The predicted molar refractivity (Wildman–Crippen MR) is 164 cm³/mol. The molecule has 0 radical (unpaired) electrons. The van der Waals surface area contributed by atoms with Gasteiger partial charge in [0.1, 0.15) is 17.0 Å². The number of amides is 1. The fourth-order valence-corrected chi connectivity index (χ4v) is 4.87. The van der Waals surface area contributed by atoms with Gasteiger partial charge < -0.3 is 19.2 Å². The number of esters is 1. The highest BCUT2D eigenvalue weighted by Crippen LogP contribution is 2.39. The lowest BCUT2D eigenvalue weighted by Gasteiger charge is -2.13. The minimum atomic E-state index is -4.64. The fraction of sp³-hybridized carbons (Fsp3) is 0.121. The second-order valence-electron chi connectivity index (χ2n) is 9.54. The largest absolute Gasteiger partial charge is 0.496 e. The van der Waals surface area contributed by atoms with Crippen LogP contribution in [0.1, 0.15) is 38.9 Å². The van der Waals surface area contributed by atoms with Gasteiger partial charge in [0.05, 0.1) is 31.0 Å². The van der Waals surface area contributed by atoms with Gasteiger partial charge in [-0.25, -0.2) is 10.2 Å². The highest BCUT2D eigenvalue weighted by molar-refractivity contribution is 6.31. The molecule has 0 aliphatic heterocycles. The fourth-order valence-electron chi connectivity index (χ4n) is 4.70. The Morgan fingerprint density at radius 1 is 0.956 bits per heavy atom. The molecule has 0 aliphatic carbocycles. The van der Waals surface area contributed by atoms with E-state index in [0.29, 0.717) is 21.7 Å². The number of nitrogens with zero attached hydrogens (tertiary/aromatic N) is 1. The van der Waals surface area contributed by atoms with Gasteiger partial charge in [-0.05, 0) is 60.5 Å². The van der Waals surface area contributed by atoms with Crippen molar-refractivity contribution in [2.75, 3.05) is 13.7 Å². The summed E-state index contributed by atoms with van der Waals surface area (Å²) in [5.74, 6) is -0.840. The van der Waals surface area contributed by atoms with Gasteiger partial charge in [-0.2, -0.15) is 18.3 Å². The van der Waals surface area contributed by atoms with Crippen LogP contribution in [0.25, 0.3) is 22.0 Å². The summed E-state index contributed by atoms with van der Waals surface area (Å²) in [6.45, 7) is 2.01. The Balaban J connectivity index is 1.40. The van der Waals surface area contributed by atoms with Crippen molar-refractivity contribution in [2.24, 2.45) is 5.10 Å². The van der Waals surface area contributed by atoms with E-state index in [1.807, 2.05) is 0 Å². The Morgan fingerprint density at radius 2 is 1.71 bits per heavy atom. The number of H-pyrrole nitrogens is 1. The molecule has 0 saturated carbocycles. The SMILES string of the molecule is CCOc1cc(C=NNC(=O)c2[nH]c3c(C(F)(F)F)cccc3c2-c2ccccc2)ccc1OC(=O)c1cc(Cl)ccc1OC. The molecule has 0 aliphatic rings. The first-order valence-electron chi connectivity index (χ1n) is 13.5. The van der Waals surface area contributed by atoms with Crippen LogP contribution in [-0.4, -0.2) is 36.8 Å². The number of rotatable bonds is 9. The summed E-state index contributed by atoms with van der Waals surface area (Å²) in [7, 11) is 1.42. The Morgan fingerprint density at radius 3 is 2.42 bits per heavy atom. The summed E-state index contributed by atoms with van der Waals surface area (Å²) in [4.78, 5) is 28.8. The topological polar surface area (TPSA) is 102 Å². The molecule has 0 atom stereocenters. The monoisotopic (exact) mass is 635 g/mol. The summed E-state index contributed by atoms with van der Waals surface area (Å²) >= 11 is 6.04. The third kappa shape index (κ3) is 6.78. The first-order valence-corrected chi connectivity index (χ1v) is 13.9. The molecule has 45 heavy (non-hydrogen) atoms. The van der Waals surface area contributed by atoms with Crippen LogP contribution in [0.3, 0.4) is 0 Å². The van der Waals surface area contributed by atoms with E-state index in [1.165, 1.54) is 37.6 Å². The maximum atomic E-state index is 13.8. The van der Waals surface area contributed by atoms with Crippen LogP contribution in [0.2, 0.25) is 5.02 Å². The number of ether oxygens (including phenoxy) is 3. The van der Waals surface area contributed by atoms with Crippen LogP contribution in [-0.2, 0) is 6.18 Å². The number of aromatic nitrogens is 1. The zero-order chi connectivity index (χ0) is 32.1. The number of halogens is 4. The Hall–Kier alpha value is -5.29. The highest BCUT2D eigenvalue weighted by Gasteiger charge is 2.34. The first-order chi connectivity index (χ1) is 21.6. The van der Waals surface area contributed by atoms with Gasteiger partial charge in [0.25, 0.3) is 5.91 Å². The summed E-state index contributed by atoms with van der Waals surface area (Å²) in [6, 6.07) is 21.6. The molecule has 0 fully saturated rings. The van der Waals surface area contributed by atoms with Gasteiger partial charge in [-0.1, -0.05) is 54.1 Å². The molecule has 0 unspecified atom stereocenters. The number of fused-ring (bicyclic) bond motifs is 1. The van der Waals surface area contributed by atoms with Crippen molar-refractivity contribution in [3.8, 4) is 28.4 Å². The van der Waals surface area contributed by atoms with Crippen LogP contribution >= 0.6 is 11.6 Å². The lowest BCUT2D eigenvalue weighted by Crippen LogP contribution is -2.19. The second kappa shape index (κ2) is 13.1. The second-order valence-corrected chi connectivity index (χ2v) is 9.98. The molecule has 0 bridgehead atoms. The van der Waals surface area contributed by atoms with Gasteiger partial charge in [0, 0.05) is 16.0 Å². The number of methoxy groups -OCH3 is 1. The third-order valence-electron chi connectivity index (χ3n) is 6.66. The number of benzene rings is 4. The average Bonchev–Trinajstić information content (AvgIpc) is 3.42. The lowest BCUT2D eigenvalue weighted by atomic mass is 10.0. The van der Waals surface area contributed by atoms with E-state index in [0.717, 1.165) is 6.07 Å². The van der Waals surface area contributed by atoms with Gasteiger partial charge in [0.15, 0.2) is 11.5 Å². The maximum Gasteiger partial charge on any atom is 0.418 e. The van der Waals surface area contributed by atoms with Crippen LogP contribution in [0.15, 0.2) is 90.0 Å². The molecular weight excluding hydrogens is 611 g/mol. The molecule has 230 valence electrons. The van der Waals surface area contributed by atoms with E-state index in [1.54, 1.807) is 61.5 Å². The molecule has 0 spiro atoms. The average molecular weight is 636 g/mol. The molecule has 5 rings (SSSR count). The number of hydrogen-bond donors (Lipinski definition) is 2. The Kier molecular flexibility index (Phi) is 9.10. The van der Waals surface area contributed by atoms with Gasteiger partial charge in [-0.3, -0.25) is 4.79 Å². The molecule has 5 aromatic rings. The predicted octanol–water partition coefficient (Wildman–Crippen LogP) is 7.90. The van der Waals surface area contributed by atoms with E-state index < -0.39 is 23.6 Å². The number of carbonyl (C=O) groups is 2. The van der Waals surface area contributed by atoms with Gasteiger partial charge >= 0.3 is 12.1 Å². The number of aromatic amines is 1. The van der Waals surface area contributed by atoms with Crippen LogP contribution in [0, 0.1) is 0 Å². The number of hydrazone groups is 1. The van der Waals surface area contributed by atoms with Crippen molar-refractivity contribution in [2.45, 2.75) is 13.1 Å². The van der Waals surface area contributed by atoms with E-state index in [2.05, 4.69) is 15.5 Å². The Bertz CT molecular complexity index is 1910. The van der Waals surface area contributed by atoms with Crippen LogP contribution < -0.4 is 19.6 Å². The molecule has 8 nitrogen and oxygen atoms in total. The zero-order valence-corrected chi connectivity index (χ0v) is 24.6. The molecular formula is C33H25ClF3N3O5. The van der Waals surface area contributed by atoms with E-state index >= 15 is 0 Å². The molecule has 1 aromatic heterocycles.